The number of carbonyl (C=O) groups is 1. The van der Waals surface area contributed by atoms with Crippen molar-refractivity contribution >= 4 is 5.78 Å². The summed E-state index contributed by atoms with van der Waals surface area (Å²) in [6.45, 7) is 15.0. The molecule has 96 valence electrons. The van der Waals surface area contributed by atoms with Crippen molar-refractivity contribution in [2.75, 3.05) is 6.61 Å². The van der Waals surface area contributed by atoms with E-state index < -0.39 is 0 Å². The van der Waals surface area contributed by atoms with Gasteiger partial charge in [-0.25, -0.2) is 0 Å². The Bertz CT molecular complexity index is 420. The molecule has 1 aliphatic heterocycles. The number of Topliss-reactive ketones (excluding diaryl/α,β-unsaturated/α-hetero) is 1. The number of ketones is 1. The maximum absolute atomic E-state index is 11.9. The molecule has 0 aliphatic carbocycles. The van der Waals surface area contributed by atoms with Crippen LogP contribution in [0.3, 0.4) is 0 Å². The Labute approximate surface area is 109 Å². The normalized spacial score (nSPS) is 17.0. The van der Waals surface area contributed by atoms with E-state index in [1.807, 2.05) is 13.8 Å². The highest BCUT2D eigenvalue weighted by Crippen LogP contribution is 2.21. The predicted octanol–water partition coefficient (Wildman–Crippen LogP) is 3.91. The Hall–Kier alpha value is -2.09. The first-order valence-electron chi connectivity index (χ1n) is 5.89. The van der Waals surface area contributed by atoms with Gasteiger partial charge in [0.2, 0.25) is 0 Å². The molecule has 1 heterocycles. The van der Waals surface area contributed by atoms with E-state index in [1.165, 1.54) is 12.2 Å². The Morgan fingerprint density at radius 1 is 1.11 bits per heavy atom. The SMILES string of the molecule is C=C/C=C\C=C1/COC(C=C)=C(C=C)C1=O.CC. The van der Waals surface area contributed by atoms with E-state index in [0.29, 0.717) is 16.9 Å². The van der Waals surface area contributed by atoms with Gasteiger partial charge in [0.1, 0.15) is 12.4 Å². The van der Waals surface area contributed by atoms with Crippen LogP contribution in [0.1, 0.15) is 13.8 Å². The van der Waals surface area contributed by atoms with E-state index in [9.17, 15) is 4.79 Å². The molecule has 0 unspecified atom stereocenters. The van der Waals surface area contributed by atoms with Crippen LogP contribution in [0.25, 0.3) is 0 Å². The van der Waals surface area contributed by atoms with Gasteiger partial charge in [-0.15, -0.1) is 0 Å². The van der Waals surface area contributed by atoms with Gasteiger partial charge in [0.15, 0.2) is 5.78 Å². The molecule has 0 atom stereocenters. The van der Waals surface area contributed by atoms with E-state index in [0.717, 1.165) is 0 Å². The van der Waals surface area contributed by atoms with Crippen LogP contribution in [-0.2, 0) is 9.53 Å². The molecule has 0 radical (unpaired) electrons. The van der Waals surface area contributed by atoms with Crippen molar-refractivity contribution in [2.45, 2.75) is 13.8 Å². The van der Waals surface area contributed by atoms with E-state index in [2.05, 4.69) is 19.7 Å². The minimum atomic E-state index is -0.0649. The first-order valence-corrected chi connectivity index (χ1v) is 5.89. The topological polar surface area (TPSA) is 26.3 Å². The van der Waals surface area contributed by atoms with Gasteiger partial charge < -0.3 is 4.74 Å². The second-order valence-electron chi connectivity index (χ2n) is 3.12. The highest BCUT2D eigenvalue weighted by molar-refractivity contribution is 6.11. The number of hydrogen-bond acceptors (Lipinski definition) is 2. The lowest BCUT2D eigenvalue weighted by Crippen LogP contribution is -2.18. The van der Waals surface area contributed by atoms with Gasteiger partial charge in [-0.1, -0.05) is 64.0 Å². The molecule has 2 nitrogen and oxygen atoms in total. The minimum absolute atomic E-state index is 0.0649. The average molecular weight is 244 g/mol. The van der Waals surface area contributed by atoms with Crippen LogP contribution in [0.15, 0.2) is 73.1 Å². The zero-order valence-electron chi connectivity index (χ0n) is 11.1. The number of hydrogen-bond donors (Lipinski definition) is 0. The number of rotatable bonds is 4. The standard InChI is InChI=1S/C14H14O2.C2H6/c1-4-7-8-9-11-10-16-13(6-3)12(5-2)14(11)15;1-2/h4-9H,1-3,10H2;1-2H3/b8-7-,11-9+;. The van der Waals surface area contributed by atoms with Gasteiger partial charge in [-0.2, -0.15) is 0 Å². The quantitative estimate of drug-likeness (QED) is 0.553. The lowest BCUT2D eigenvalue weighted by Gasteiger charge is -2.18. The summed E-state index contributed by atoms with van der Waals surface area (Å²) in [5.74, 6) is 0.426. The monoisotopic (exact) mass is 244 g/mol. The predicted molar refractivity (Wildman–Crippen MR) is 77.1 cm³/mol. The summed E-state index contributed by atoms with van der Waals surface area (Å²) < 4.78 is 5.39. The van der Waals surface area contributed by atoms with Crippen LogP contribution in [0.5, 0.6) is 0 Å². The van der Waals surface area contributed by atoms with Crippen molar-refractivity contribution in [2.24, 2.45) is 0 Å². The van der Waals surface area contributed by atoms with E-state index in [-0.39, 0.29) is 12.4 Å². The molecule has 0 saturated carbocycles. The Balaban J connectivity index is 0.00000137. The minimum Gasteiger partial charge on any atom is -0.488 e. The van der Waals surface area contributed by atoms with Crippen LogP contribution in [0, 0.1) is 0 Å². The maximum Gasteiger partial charge on any atom is 0.196 e. The molecule has 0 N–H and O–H groups in total. The van der Waals surface area contributed by atoms with Gasteiger partial charge in [-0.05, 0) is 6.08 Å². The Morgan fingerprint density at radius 2 is 1.78 bits per heavy atom. The fraction of sp³-hybridized carbons (Fsp3) is 0.188. The summed E-state index contributed by atoms with van der Waals surface area (Å²) in [5, 5.41) is 0. The summed E-state index contributed by atoms with van der Waals surface area (Å²) in [6.07, 6.45) is 9.87. The van der Waals surface area contributed by atoms with Crippen LogP contribution < -0.4 is 0 Å². The fourth-order valence-corrected chi connectivity index (χ4v) is 1.32. The van der Waals surface area contributed by atoms with Crippen molar-refractivity contribution in [1.29, 1.82) is 0 Å². The summed E-state index contributed by atoms with van der Waals surface area (Å²) in [6, 6.07) is 0. The first-order chi connectivity index (χ1) is 8.74. The largest absolute Gasteiger partial charge is 0.488 e. The van der Waals surface area contributed by atoms with Crippen LogP contribution in [0.2, 0.25) is 0 Å². The second-order valence-corrected chi connectivity index (χ2v) is 3.12. The zero-order valence-corrected chi connectivity index (χ0v) is 11.1. The van der Waals surface area contributed by atoms with Crippen molar-refractivity contribution in [3.63, 3.8) is 0 Å². The molecule has 0 bridgehead atoms. The van der Waals surface area contributed by atoms with Gasteiger partial charge in [0, 0.05) is 5.57 Å². The van der Waals surface area contributed by atoms with Crippen LogP contribution in [0.4, 0.5) is 0 Å². The molecule has 0 aromatic heterocycles. The number of allylic oxidation sites excluding steroid dienone is 7. The van der Waals surface area contributed by atoms with E-state index in [4.69, 9.17) is 4.74 Å². The average Bonchev–Trinajstić information content (AvgIpc) is 2.42. The summed E-state index contributed by atoms with van der Waals surface area (Å²) in [5.41, 5.74) is 1.05. The molecular weight excluding hydrogens is 224 g/mol. The molecule has 1 rings (SSSR count). The van der Waals surface area contributed by atoms with Crippen LogP contribution in [-0.4, -0.2) is 12.4 Å². The first kappa shape index (κ1) is 15.9. The number of ether oxygens (including phenoxy) is 1. The zero-order chi connectivity index (χ0) is 14.0. The molecule has 0 fully saturated rings. The van der Waals surface area contributed by atoms with E-state index in [1.54, 1.807) is 24.3 Å². The lowest BCUT2D eigenvalue weighted by atomic mass is 10.00. The second kappa shape index (κ2) is 8.99. The lowest BCUT2D eigenvalue weighted by molar-refractivity contribution is -0.113. The van der Waals surface area contributed by atoms with Crippen molar-refractivity contribution in [1.82, 2.24) is 0 Å². The van der Waals surface area contributed by atoms with Crippen molar-refractivity contribution in [3.8, 4) is 0 Å². The molecule has 18 heavy (non-hydrogen) atoms. The van der Waals surface area contributed by atoms with Gasteiger partial charge in [-0.3, -0.25) is 4.79 Å². The van der Waals surface area contributed by atoms with Crippen molar-refractivity contribution in [3.05, 3.63) is 73.1 Å². The van der Waals surface area contributed by atoms with Crippen LogP contribution >= 0.6 is 0 Å². The highest BCUT2D eigenvalue weighted by Gasteiger charge is 2.21. The molecule has 2 heteroatoms. The summed E-state index contributed by atoms with van der Waals surface area (Å²) in [4.78, 5) is 11.9. The van der Waals surface area contributed by atoms with Crippen molar-refractivity contribution < 1.29 is 9.53 Å². The molecule has 0 aromatic rings. The van der Waals surface area contributed by atoms with Gasteiger partial charge in [0.05, 0.1) is 5.57 Å². The van der Waals surface area contributed by atoms with Gasteiger partial charge >= 0.3 is 0 Å². The smallest absolute Gasteiger partial charge is 0.196 e. The molecule has 0 spiro atoms. The Morgan fingerprint density at radius 3 is 2.28 bits per heavy atom. The number of carbonyl (C=O) groups excluding carboxylic acids is 1. The summed E-state index contributed by atoms with van der Waals surface area (Å²) >= 11 is 0. The molecular formula is C16H20O2. The molecule has 0 amide bonds. The third-order valence-corrected chi connectivity index (χ3v) is 2.12. The molecule has 0 saturated heterocycles. The summed E-state index contributed by atoms with van der Waals surface area (Å²) in [7, 11) is 0. The third-order valence-electron chi connectivity index (χ3n) is 2.12. The maximum atomic E-state index is 11.9. The molecule has 1 aliphatic rings. The van der Waals surface area contributed by atoms with Gasteiger partial charge in [0.25, 0.3) is 0 Å². The van der Waals surface area contributed by atoms with E-state index >= 15 is 0 Å². The molecule has 0 aromatic carbocycles. The Kier molecular flexibility index (Phi) is 7.95. The highest BCUT2D eigenvalue weighted by atomic mass is 16.5. The fourth-order valence-electron chi connectivity index (χ4n) is 1.32. The third kappa shape index (κ3) is 4.06.